The van der Waals surface area contributed by atoms with Crippen molar-refractivity contribution in [3.8, 4) is 10.6 Å². The number of alkyl halides is 15. The molecule has 1 heterocycles. The maximum Gasteiger partial charge on any atom is 0.416 e. The van der Waals surface area contributed by atoms with Gasteiger partial charge in [-0.15, -0.1) is 0 Å². The van der Waals surface area contributed by atoms with Gasteiger partial charge in [0, 0.05) is 129 Å². The summed E-state index contributed by atoms with van der Waals surface area (Å²) in [5.74, 6) is -5.00. The first-order valence-electron chi connectivity index (χ1n) is 40.6. The van der Waals surface area contributed by atoms with Crippen molar-refractivity contribution in [1.82, 2.24) is 0 Å². The molecule has 0 aliphatic carbocycles. The summed E-state index contributed by atoms with van der Waals surface area (Å²) in [4.78, 5) is 6.46. The van der Waals surface area contributed by atoms with Crippen molar-refractivity contribution >= 4 is 74.2 Å². The third-order valence-corrected chi connectivity index (χ3v) is 32.0. The summed E-state index contributed by atoms with van der Waals surface area (Å²) in [5.41, 5.74) is -0.356. The van der Waals surface area contributed by atoms with Crippen LogP contribution in [-0.4, -0.2) is 16.8 Å². The molecule has 1 atom stereocenters. The van der Waals surface area contributed by atoms with E-state index >= 15 is 0 Å². The molecule has 0 spiro atoms. The Morgan fingerprint density at radius 3 is 0.880 bits per heavy atom. The number of aliphatic hydroxyl groups is 1. The average Bonchev–Trinajstić information content (AvgIpc) is 1.62. The molecule has 15 aromatic carbocycles. The summed E-state index contributed by atoms with van der Waals surface area (Å²) in [5, 5.41) is 21.3. The number of phenolic OH excluding ortho intramolecular Hbond substituents is 1. The van der Waals surface area contributed by atoms with Crippen molar-refractivity contribution in [2.75, 3.05) is 6.61 Å². The van der Waals surface area contributed by atoms with Crippen molar-refractivity contribution in [3.63, 3.8) is 0 Å². The Kier molecular flexibility index (Phi) is 31.8. The smallest absolute Gasteiger partial charge is 0.416 e. The van der Waals surface area contributed by atoms with Gasteiger partial charge in [-0.1, -0.05) is 126 Å². The summed E-state index contributed by atoms with van der Waals surface area (Å²) < 4.78 is 288. The molecule has 2 nitrogen and oxygen atoms in total. The average molecular weight is 1940 g/mol. The molecule has 0 saturated carbocycles. The fraction of sp³-hybridized carbons (Fsp3) is 0.143. The van der Waals surface area contributed by atoms with Gasteiger partial charge in [0.15, 0.2) is 73.0 Å². The normalized spacial score (nSPS) is 12.1. The second-order valence-corrected chi connectivity index (χ2v) is 40.8. The van der Waals surface area contributed by atoms with Gasteiger partial charge in [0.2, 0.25) is 0 Å². The molecular formula is C105H82F21O2S5+5. The van der Waals surface area contributed by atoms with Crippen LogP contribution in [0.2, 0.25) is 0 Å². The van der Waals surface area contributed by atoms with Gasteiger partial charge in [-0.05, 0) is 200 Å². The Morgan fingerprint density at radius 2 is 0.526 bits per heavy atom. The van der Waals surface area contributed by atoms with Crippen LogP contribution in [-0.2, 0) is 80.9 Å². The molecule has 16 aromatic rings. The highest BCUT2D eigenvalue weighted by Crippen LogP contribution is 2.50. The number of thiophene rings is 1. The van der Waals surface area contributed by atoms with Crippen molar-refractivity contribution in [2.24, 2.45) is 0 Å². The molecule has 2 N–H and O–H groups in total. The van der Waals surface area contributed by atoms with E-state index in [0.29, 0.717) is 84.0 Å². The maximum atomic E-state index is 14.2. The van der Waals surface area contributed by atoms with Crippen molar-refractivity contribution in [2.45, 2.75) is 151 Å². The Morgan fingerprint density at radius 1 is 0.248 bits per heavy atom. The Bertz CT molecular complexity index is 6450. The van der Waals surface area contributed by atoms with E-state index < -0.39 is 126 Å². The minimum Gasteiger partial charge on any atom is -0.508 e. The summed E-state index contributed by atoms with van der Waals surface area (Å²) in [7, 11) is -4.50. The highest BCUT2D eigenvalue weighted by atomic mass is 32.2. The minimum absolute atomic E-state index is 0.0112. The summed E-state index contributed by atoms with van der Waals surface area (Å²) in [6, 6.07) is 83.0. The zero-order valence-corrected chi connectivity index (χ0v) is 75.9. The molecule has 1 aromatic heterocycles. The second kappa shape index (κ2) is 42.2. The van der Waals surface area contributed by atoms with Crippen LogP contribution in [0.25, 0.3) is 25.1 Å². The van der Waals surface area contributed by atoms with Gasteiger partial charge in [-0.2, -0.15) is 65.9 Å². The third kappa shape index (κ3) is 25.4. The van der Waals surface area contributed by atoms with Gasteiger partial charge in [0.25, 0.3) is 0 Å². The largest absolute Gasteiger partial charge is 0.508 e. The van der Waals surface area contributed by atoms with Crippen molar-refractivity contribution in [3.05, 3.63) is 428 Å². The van der Waals surface area contributed by atoms with Crippen LogP contribution in [0.1, 0.15) is 77.9 Å². The van der Waals surface area contributed by atoms with E-state index in [-0.39, 0.29) is 59.2 Å². The molecule has 0 saturated heterocycles. The first-order valence-corrected chi connectivity index (χ1v) is 46.7. The predicted octanol–water partition coefficient (Wildman–Crippen LogP) is 32.5. The second-order valence-electron chi connectivity index (χ2n) is 30.9. The summed E-state index contributed by atoms with van der Waals surface area (Å²) in [6.07, 6.45) is -24.0. The number of aryl methyl sites for hydroxylation is 8. The van der Waals surface area contributed by atoms with Gasteiger partial charge in [0.1, 0.15) is 51.5 Å². The SMILES string of the molecule is Cc1cc(C)c([S+](c2cc(F)cc(C(F)(F)F)c2)c2cc(F)cc(C(F)(F)F)c2)c(C)c1.Cc1cc([S+](c2cc(C(F)(F)F)cc(C(F)(F)F)c2)c2c(C)cc(C)cc2C)cc(C(F)(F)F)c1.Cc1ccc([S+](c2cc(F)cc(F)c2)c2cc(F)cc(F)c2)cc1.OCCc1ccc(-[s+]2c3ccccc3c3ccccc32)cc1.Oc1ccc([S+](c2ccccc2)c2ccccc2)cc1. The zero-order valence-electron chi connectivity index (χ0n) is 71.8. The molecule has 0 bridgehead atoms. The van der Waals surface area contributed by atoms with E-state index in [4.69, 9.17) is 5.11 Å². The molecule has 0 radical (unpaired) electrons. The third-order valence-electron chi connectivity index (χ3n) is 20.4. The quantitative estimate of drug-likeness (QED) is 0.0793. The van der Waals surface area contributed by atoms with Crippen LogP contribution in [0.5, 0.6) is 5.75 Å². The van der Waals surface area contributed by atoms with Crippen molar-refractivity contribution in [1.29, 1.82) is 0 Å². The molecule has 133 heavy (non-hydrogen) atoms. The Labute approximate surface area is 768 Å². The minimum atomic E-state index is -5.09. The highest BCUT2D eigenvalue weighted by molar-refractivity contribution is 7.98. The first kappa shape index (κ1) is 100. The van der Waals surface area contributed by atoms with Gasteiger partial charge in [-0.3, -0.25) is 0 Å². The lowest BCUT2D eigenvalue weighted by molar-refractivity contribution is -0.143. The number of benzene rings is 15. The number of halogens is 21. The number of hydrogen-bond acceptors (Lipinski definition) is 2. The van der Waals surface area contributed by atoms with Gasteiger partial charge in [-0.25, -0.2) is 26.3 Å². The van der Waals surface area contributed by atoms with Gasteiger partial charge >= 0.3 is 30.9 Å². The molecule has 686 valence electrons. The number of aliphatic hydroxyl groups excluding tert-OH is 1. The molecule has 0 aliphatic heterocycles. The lowest BCUT2D eigenvalue weighted by atomic mass is 10.1. The molecular weight excluding hydrogens is 1850 g/mol. The van der Waals surface area contributed by atoms with E-state index in [1.54, 1.807) is 90.1 Å². The standard InChI is InChI=1S/C25H20F9S.C23H17F8S.C20H17OS.C19H13F4S.C18H14OS/c1-13-5-15(3)22(16(4)6-13)35(20-8-14(2)7-17(10-20)23(26,27)28)21-11-18(24(29,30)31)9-19(12-21)25(32,33)34;1-12-4-13(2)21(14(3)5-12)32(19-8-15(22(26,27)28)6-17(24)10-19)20-9-16(23(29,30)31)7-18(25)11-20;21-14-13-15-9-11-16(12-10-15)22-19-7-3-1-5-17(19)18-6-2-4-8-20(18)22;1-12-2-4-17(5-3-12)24(18-8-13(20)6-14(21)9-18)19-10-15(22)7-16(23)11-19;19-15-11-13-18(14-12-15)20(16-7-3-1-4-8-16)17-9-5-2-6-10-17/h5-12H,1-4H3;4-11H,1-3H3;1-12,21H,13-14H2;2-11H,1H3;1-14H/q4*+1;/p+1. The van der Waals surface area contributed by atoms with Gasteiger partial charge < -0.3 is 10.2 Å². The summed E-state index contributed by atoms with van der Waals surface area (Å²) in [6.45, 7) is 13.6. The van der Waals surface area contributed by atoms with E-state index in [1.165, 1.54) is 82.6 Å². The summed E-state index contributed by atoms with van der Waals surface area (Å²) >= 11 is 0. The van der Waals surface area contributed by atoms with E-state index in [9.17, 15) is 97.3 Å². The number of hydrogen-bond donors (Lipinski definition) is 2. The maximum absolute atomic E-state index is 14.2. The molecule has 16 rings (SSSR count). The molecule has 28 heteroatoms. The van der Waals surface area contributed by atoms with Crippen LogP contribution < -0.4 is 0 Å². The van der Waals surface area contributed by atoms with Crippen LogP contribution in [0.15, 0.2) is 374 Å². The molecule has 0 fully saturated rings. The lowest BCUT2D eigenvalue weighted by Crippen LogP contribution is -2.16. The first-order chi connectivity index (χ1) is 62.7. The Balaban J connectivity index is 0.000000152. The fourth-order valence-electron chi connectivity index (χ4n) is 15.0. The van der Waals surface area contributed by atoms with Crippen LogP contribution >= 0.6 is 10.5 Å². The fourth-order valence-corrected chi connectivity index (χ4v) is 26.6. The number of phenols is 1. The zero-order chi connectivity index (χ0) is 96.5. The van der Waals surface area contributed by atoms with Crippen LogP contribution in [0.4, 0.5) is 92.2 Å². The molecule has 1 unspecified atom stereocenters. The van der Waals surface area contributed by atoms with E-state index in [1.807, 2.05) is 43.3 Å². The van der Waals surface area contributed by atoms with E-state index in [0.717, 1.165) is 64.4 Å². The lowest BCUT2D eigenvalue weighted by Gasteiger charge is -2.18. The Hall–Kier alpha value is -11.8. The van der Waals surface area contributed by atoms with Crippen LogP contribution in [0, 0.1) is 90.3 Å². The number of fused-ring (bicyclic) bond motifs is 3. The topological polar surface area (TPSA) is 40.5 Å². The monoisotopic (exact) mass is 1930 g/mol. The van der Waals surface area contributed by atoms with Crippen LogP contribution in [0.3, 0.4) is 0 Å². The highest BCUT2D eigenvalue weighted by Gasteiger charge is 2.45. The predicted molar refractivity (Wildman–Crippen MR) is 486 cm³/mol. The van der Waals surface area contributed by atoms with E-state index in [2.05, 4.69) is 121 Å². The molecule has 0 amide bonds. The van der Waals surface area contributed by atoms with Gasteiger partial charge in [0.05, 0.1) is 60.5 Å². The van der Waals surface area contributed by atoms with Crippen molar-refractivity contribution < 1.29 is 102 Å². The number of rotatable bonds is 15. The molecule has 0 aliphatic rings. The number of aromatic hydroxyl groups is 1.